The first-order chi connectivity index (χ1) is 9.29. The van der Waals surface area contributed by atoms with Gasteiger partial charge in [-0.2, -0.15) is 0 Å². The van der Waals surface area contributed by atoms with Crippen LogP contribution in [-0.4, -0.2) is 29.0 Å². The van der Waals surface area contributed by atoms with Crippen LogP contribution in [0.4, 0.5) is 0 Å². The van der Waals surface area contributed by atoms with Crippen molar-refractivity contribution in [2.75, 3.05) is 13.7 Å². The minimum atomic E-state index is -0.342. The molecule has 1 saturated heterocycles. The van der Waals surface area contributed by atoms with Crippen molar-refractivity contribution in [1.29, 1.82) is 0 Å². The highest BCUT2D eigenvalue weighted by molar-refractivity contribution is 5.88. The number of ether oxygens (including phenoxy) is 1. The summed E-state index contributed by atoms with van der Waals surface area (Å²) in [6.45, 7) is 1.03. The maximum absolute atomic E-state index is 11.7. The molecule has 5 heteroatoms. The number of nitrogens with one attached hydrogen (secondary N) is 1. The van der Waals surface area contributed by atoms with Gasteiger partial charge in [-0.15, -0.1) is 0 Å². The van der Waals surface area contributed by atoms with Crippen LogP contribution in [0.25, 0.3) is 5.65 Å². The van der Waals surface area contributed by atoms with Crippen LogP contribution < -0.4 is 5.32 Å². The average Bonchev–Trinajstić information content (AvgIpc) is 2.91. The summed E-state index contributed by atoms with van der Waals surface area (Å²) in [5, 5.41) is 3.47. The molecular formula is C14H17N3O2. The molecule has 3 rings (SSSR count). The Bertz CT molecular complexity index is 600. The lowest BCUT2D eigenvalue weighted by Crippen LogP contribution is -2.26. The molecule has 5 nitrogen and oxygen atoms in total. The zero-order valence-electron chi connectivity index (χ0n) is 10.9. The predicted molar refractivity (Wildman–Crippen MR) is 71.1 cm³/mol. The number of piperidine rings is 1. The van der Waals surface area contributed by atoms with Crippen LogP contribution in [0.5, 0.6) is 0 Å². The zero-order valence-corrected chi connectivity index (χ0v) is 10.9. The number of esters is 1. The second kappa shape index (κ2) is 5.01. The molecule has 1 N–H and O–H groups in total. The van der Waals surface area contributed by atoms with Gasteiger partial charge in [0.15, 0.2) is 0 Å². The second-order valence-electron chi connectivity index (χ2n) is 4.80. The van der Waals surface area contributed by atoms with Crippen LogP contribution in [0.1, 0.15) is 41.5 Å². The van der Waals surface area contributed by atoms with Crippen molar-refractivity contribution in [2.24, 2.45) is 0 Å². The van der Waals surface area contributed by atoms with E-state index >= 15 is 0 Å². The van der Waals surface area contributed by atoms with Gasteiger partial charge in [0.05, 0.1) is 18.8 Å². The van der Waals surface area contributed by atoms with E-state index in [0.717, 1.165) is 24.3 Å². The number of carbonyl (C=O) groups is 1. The van der Waals surface area contributed by atoms with Crippen molar-refractivity contribution < 1.29 is 9.53 Å². The van der Waals surface area contributed by atoms with Gasteiger partial charge in [0.2, 0.25) is 0 Å². The summed E-state index contributed by atoms with van der Waals surface area (Å²) in [6.07, 6.45) is 5.47. The third-order valence-corrected chi connectivity index (χ3v) is 3.57. The van der Waals surface area contributed by atoms with Crippen molar-refractivity contribution >= 4 is 11.6 Å². The summed E-state index contributed by atoms with van der Waals surface area (Å²) < 4.78 is 6.60. The number of hydrogen-bond acceptors (Lipinski definition) is 4. The van der Waals surface area contributed by atoms with Gasteiger partial charge in [0.1, 0.15) is 11.3 Å². The van der Waals surface area contributed by atoms with Crippen molar-refractivity contribution in [3.8, 4) is 0 Å². The van der Waals surface area contributed by atoms with E-state index in [1.807, 2.05) is 18.3 Å². The van der Waals surface area contributed by atoms with E-state index in [0.29, 0.717) is 11.7 Å². The van der Waals surface area contributed by atoms with Gasteiger partial charge < -0.3 is 10.1 Å². The molecule has 19 heavy (non-hydrogen) atoms. The summed E-state index contributed by atoms with van der Waals surface area (Å²) in [6, 6.07) is 5.77. The van der Waals surface area contributed by atoms with Gasteiger partial charge in [-0.3, -0.25) is 4.40 Å². The predicted octanol–water partition coefficient (Wildman–Crippen LogP) is 1.94. The maximum Gasteiger partial charge on any atom is 0.355 e. The Balaban J connectivity index is 2.02. The number of imidazole rings is 1. The van der Waals surface area contributed by atoms with Crippen LogP contribution in [0.15, 0.2) is 24.4 Å². The van der Waals surface area contributed by atoms with Crippen molar-refractivity contribution in [3.63, 3.8) is 0 Å². The van der Waals surface area contributed by atoms with Crippen LogP contribution in [-0.2, 0) is 4.74 Å². The lowest BCUT2D eigenvalue weighted by Gasteiger charge is -2.21. The van der Waals surface area contributed by atoms with Crippen LogP contribution >= 0.6 is 0 Å². The quantitative estimate of drug-likeness (QED) is 0.837. The van der Waals surface area contributed by atoms with Gasteiger partial charge in [-0.1, -0.05) is 12.5 Å². The molecule has 0 saturated carbocycles. The topological polar surface area (TPSA) is 55.6 Å². The number of pyridine rings is 1. The van der Waals surface area contributed by atoms with E-state index in [1.54, 1.807) is 10.5 Å². The van der Waals surface area contributed by atoms with E-state index in [2.05, 4.69) is 10.3 Å². The molecule has 2 aromatic heterocycles. The molecule has 1 aliphatic heterocycles. The molecule has 1 aliphatic rings. The molecule has 0 aliphatic carbocycles. The van der Waals surface area contributed by atoms with Gasteiger partial charge in [0, 0.05) is 6.20 Å². The third-order valence-electron chi connectivity index (χ3n) is 3.57. The highest BCUT2D eigenvalue weighted by Gasteiger charge is 2.19. The van der Waals surface area contributed by atoms with Crippen LogP contribution in [0.2, 0.25) is 0 Å². The Labute approximate surface area is 111 Å². The molecule has 0 spiro atoms. The first-order valence-electron chi connectivity index (χ1n) is 6.59. The first-order valence-corrected chi connectivity index (χ1v) is 6.59. The van der Waals surface area contributed by atoms with E-state index in [9.17, 15) is 4.79 Å². The first kappa shape index (κ1) is 12.2. The molecule has 0 amide bonds. The molecule has 0 aromatic carbocycles. The Kier molecular flexibility index (Phi) is 3.21. The van der Waals surface area contributed by atoms with Crippen LogP contribution in [0.3, 0.4) is 0 Å². The minimum absolute atomic E-state index is 0.291. The third kappa shape index (κ3) is 2.21. The van der Waals surface area contributed by atoms with Gasteiger partial charge in [-0.25, -0.2) is 9.78 Å². The monoisotopic (exact) mass is 259 g/mol. The molecule has 2 aromatic rings. The fourth-order valence-corrected chi connectivity index (χ4v) is 2.57. The van der Waals surface area contributed by atoms with Gasteiger partial charge in [-0.05, 0) is 31.5 Å². The molecule has 0 bridgehead atoms. The standard InChI is InChI=1S/C14H17N3O2/c1-19-14(18)12-6-4-7-13-16-11(9-17(12)13)10-5-2-3-8-15-10/h4,6-7,9-10,15H,2-3,5,8H2,1H3. The summed E-state index contributed by atoms with van der Waals surface area (Å²) in [4.78, 5) is 16.3. The SMILES string of the molecule is COC(=O)c1cccc2nc(C3CCCCN3)cn12. The zero-order chi connectivity index (χ0) is 13.2. The largest absolute Gasteiger partial charge is 0.464 e. The fraction of sp³-hybridized carbons (Fsp3) is 0.429. The summed E-state index contributed by atoms with van der Waals surface area (Å²) in [7, 11) is 1.39. The molecule has 1 fully saturated rings. The number of fused-ring (bicyclic) bond motifs is 1. The molecule has 0 radical (unpaired) electrons. The van der Waals surface area contributed by atoms with Crippen molar-refractivity contribution in [1.82, 2.24) is 14.7 Å². The molecule has 100 valence electrons. The number of aromatic nitrogens is 2. The number of nitrogens with zero attached hydrogens (tertiary/aromatic N) is 2. The Hall–Kier alpha value is -1.88. The highest BCUT2D eigenvalue weighted by atomic mass is 16.5. The molecular weight excluding hydrogens is 242 g/mol. The van der Waals surface area contributed by atoms with Crippen molar-refractivity contribution in [3.05, 3.63) is 35.8 Å². The number of rotatable bonds is 2. The van der Waals surface area contributed by atoms with E-state index < -0.39 is 0 Å². The Morgan fingerprint density at radius 1 is 1.47 bits per heavy atom. The molecule has 1 unspecified atom stereocenters. The Morgan fingerprint density at radius 3 is 3.11 bits per heavy atom. The van der Waals surface area contributed by atoms with E-state index in [-0.39, 0.29) is 5.97 Å². The van der Waals surface area contributed by atoms with Gasteiger partial charge >= 0.3 is 5.97 Å². The van der Waals surface area contributed by atoms with E-state index in [4.69, 9.17) is 4.74 Å². The Morgan fingerprint density at radius 2 is 2.37 bits per heavy atom. The molecule has 3 heterocycles. The van der Waals surface area contributed by atoms with Crippen LogP contribution in [0, 0.1) is 0 Å². The maximum atomic E-state index is 11.7. The summed E-state index contributed by atoms with van der Waals surface area (Å²) in [5.41, 5.74) is 2.29. The number of hydrogen-bond donors (Lipinski definition) is 1. The smallest absolute Gasteiger partial charge is 0.355 e. The fourth-order valence-electron chi connectivity index (χ4n) is 2.57. The lowest BCUT2D eigenvalue weighted by atomic mass is 10.0. The van der Waals surface area contributed by atoms with E-state index in [1.165, 1.54) is 20.0 Å². The van der Waals surface area contributed by atoms with Crippen molar-refractivity contribution in [2.45, 2.75) is 25.3 Å². The normalized spacial score (nSPS) is 19.5. The molecule has 1 atom stereocenters. The number of carbonyl (C=O) groups excluding carboxylic acids is 1. The average molecular weight is 259 g/mol. The number of methoxy groups -OCH3 is 1. The summed E-state index contributed by atoms with van der Waals surface area (Å²) >= 11 is 0. The summed E-state index contributed by atoms with van der Waals surface area (Å²) in [5.74, 6) is -0.342. The van der Waals surface area contributed by atoms with Gasteiger partial charge in [0.25, 0.3) is 0 Å². The minimum Gasteiger partial charge on any atom is -0.464 e. The second-order valence-corrected chi connectivity index (χ2v) is 4.80. The lowest BCUT2D eigenvalue weighted by molar-refractivity contribution is 0.0592. The highest BCUT2D eigenvalue weighted by Crippen LogP contribution is 2.23.